The Balaban J connectivity index is 2.04. The molecule has 1 heterocycles. The van der Waals surface area contributed by atoms with Crippen LogP contribution in [-0.4, -0.2) is 43.4 Å². The molecule has 1 rings (SSSR count). The quantitative estimate of drug-likeness (QED) is 0.635. The van der Waals surface area contributed by atoms with Crippen molar-refractivity contribution in [3.63, 3.8) is 0 Å². The number of unbranched alkanes of at least 4 members (excludes halogenated alkanes) is 1. The molecule has 14 heavy (non-hydrogen) atoms. The summed E-state index contributed by atoms with van der Waals surface area (Å²) >= 11 is 0. The van der Waals surface area contributed by atoms with Gasteiger partial charge in [0, 0.05) is 6.61 Å². The molecule has 4 nitrogen and oxygen atoms in total. The van der Waals surface area contributed by atoms with Crippen molar-refractivity contribution in [1.82, 2.24) is 4.90 Å². The van der Waals surface area contributed by atoms with Gasteiger partial charge >= 0.3 is 6.09 Å². The Kier molecular flexibility index (Phi) is 4.73. The van der Waals surface area contributed by atoms with Crippen LogP contribution < -0.4 is 0 Å². The van der Waals surface area contributed by atoms with Crippen LogP contribution in [0.1, 0.15) is 26.7 Å². The highest BCUT2D eigenvalue weighted by molar-refractivity contribution is 5.68. The molecular formula is C10H19NO3. The second kappa shape index (κ2) is 5.86. The predicted molar refractivity (Wildman–Crippen MR) is 53.2 cm³/mol. The van der Waals surface area contributed by atoms with E-state index < -0.39 is 0 Å². The lowest BCUT2D eigenvalue weighted by Crippen LogP contribution is -2.54. The van der Waals surface area contributed by atoms with Crippen LogP contribution in [0, 0.1) is 0 Å². The summed E-state index contributed by atoms with van der Waals surface area (Å²) in [6.45, 7) is 6.64. The van der Waals surface area contributed by atoms with Crippen molar-refractivity contribution in [2.75, 3.05) is 26.3 Å². The van der Waals surface area contributed by atoms with E-state index in [0.717, 1.165) is 12.8 Å². The van der Waals surface area contributed by atoms with Gasteiger partial charge in [-0.05, 0) is 13.3 Å². The number of carbonyl (C=O) groups excluding carboxylic acids is 1. The van der Waals surface area contributed by atoms with Gasteiger partial charge in [0.2, 0.25) is 0 Å². The third-order valence-electron chi connectivity index (χ3n) is 2.23. The molecule has 0 bridgehead atoms. The number of carbonyl (C=O) groups is 1. The van der Waals surface area contributed by atoms with E-state index in [1.54, 1.807) is 4.90 Å². The first-order valence-electron chi connectivity index (χ1n) is 5.31. The summed E-state index contributed by atoms with van der Waals surface area (Å²) in [6, 6.07) is 0. The molecule has 1 fully saturated rings. The van der Waals surface area contributed by atoms with E-state index >= 15 is 0 Å². The monoisotopic (exact) mass is 201 g/mol. The zero-order chi connectivity index (χ0) is 10.4. The Hall–Kier alpha value is -0.770. The van der Waals surface area contributed by atoms with Crippen molar-refractivity contribution in [2.24, 2.45) is 0 Å². The topological polar surface area (TPSA) is 38.8 Å². The number of rotatable bonds is 5. The standard InChI is InChI=1S/C10H19NO3/c1-3-5-6-14-10(12)11-7-9(8-11)13-4-2/h9H,3-8H2,1-2H3. The molecule has 4 heteroatoms. The second-order valence-corrected chi connectivity index (χ2v) is 3.45. The predicted octanol–water partition coefficient (Wildman–Crippen LogP) is 1.64. The number of hydrogen-bond donors (Lipinski definition) is 0. The summed E-state index contributed by atoms with van der Waals surface area (Å²) in [5, 5.41) is 0. The first-order valence-corrected chi connectivity index (χ1v) is 5.31. The molecule has 0 unspecified atom stereocenters. The largest absolute Gasteiger partial charge is 0.449 e. The lowest BCUT2D eigenvalue weighted by Gasteiger charge is -2.37. The van der Waals surface area contributed by atoms with Gasteiger partial charge in [0.25, 0.3) is 0 Å². The highest BCUT2D eigenvalue weighted by Gasteiger charge is 2.31. The van der Waals surface area contributed by atoms with Gasteiger partial charge in [-0.2, -0.15) is 0 Å². The van der Waals surface area contributed by atoms with E-state index in [1.807, 2.05) is 6.92 Å². The molecule has 0 aromatic carbocycles. The minimum absolute atomic E-state index is 0.200. The highest BCUT2D eigenvalue weighted by Crippen LogP contribution is 2.12. The number of likely N-dealkylation sites (tertiary alicyclic amines) is 1. The molecule has 0 aromatic rings. The fourth-order valence-corrected chi connectivity index (χ4v) is 1.32. The number of hydrogen-bond acceptors (Lipinski definition) is 3. The van der Waals surface area contributed by atoms with E-state index in [4.69, 9.17) is 9.47 Å². The number of ether oxygens (including phenoxy) is 2. The average Bonchev–Trinajstić information content (AvgIpc) is 2.10. The minimum atomic E-state index is -0.200. The molecule has 0 aliphatic carbocycles. The summed E-state index contributed by atoms with van der Waals surface area (Å²) in [7, 11) is 0. The average molecular weight is 201 g/mol. The van der Waals surface area contributed by atoms with E-state index in [9.17, 15) is 4.79 Å². The highest BCUT2D eigenvalue weighted by atomic mass is 16.6. The Bertz CT molecular complexity index is 178. The molecule has 0 atom stereocenters. The Morgan fingerprint density at radius 2 is 2.14 bits per heavy atom. The molecule has 1 amide bonds. The zero-order valence-corrected chi connectivity index (χ0v) is 8.99. The van der Waals surface area contributed by atoms with Gasteiger partial charge < -0.3 is 14.4 Å². The minimum Gasteiger partial charge on any atom is -0.449 e. The zero-order valence-electron chi connectivity index (χ0n) is 8.99. The van der Waals surface area contributed by atoms with Crippen molar-refractivity contribution in [1.29, 1.82) is 0 Å². The maximum absolute atomic E-state index is 11.3. The van der Waals surface area contributed by atoms with E-state index in [0.29, 0.717) is 26.3 Å². The van der Waals surface area contributed by atoms with Crippen molar-refractivity contribution in [3.05, 3.63) is 0 Å². The molecule has 0 spiro atoms. The van der Waals surface area contributed by atoms with Gasteiger partial charge in [0.05, 0.1) is 25.8 Å². The maximum Gasteiger partial charge on any atom is 0.409 e. The van der Waals surface area contributed by atoms with Gasteiger partial charge in [-0.3, -0.25) is 0 Å². The van der Waals surface area contributed by atoms with Crippen molar-refractivity contribution >= 4 is 6.09 Å². The van der Waals surface area contributed by atoms with Crippen molar-refractivity contribution in [3.8, 4) is 0 Å². The molecule has 1 aliphatic rings. The number of amides is 1. The van der Waals surface area contributed by atoms with Gasteiger partial charge in [-0.25, -0.2) is 4.79 Å². The van der Waals surface area contributed by atoms with Crippen LogP contribution >= 0.6 is 0 Å². The third-order valence-corrected chi connectivity index (χ3v) is 2.23. The van der Waals surface area contributed by atoms with E-state index in [-0.39, 0.29) is 12.2 Å². The van der Waals surface area contributed by atoms with Crippen LogP contribution in [0.25, 0.3) is 0 Å². The fourth-order valence-electron chi connectivity index (χ4n) is 1.32. The van der Waals surface area contributed by atoms with E-state index in [2.05, 4.69) is 6.92 Å². The summed E-state index contributed by atoms with van der Waals surface area (Å²) in [6.07, 6.45) is 2.01. The second-order valence-electron chi connectivity index (χ2n) is 3.45. The summed E-state index contributed by atoms with van der Waals surface area (Å²) in [4.78, 5) is 13.0. The van der Waals surface area contributed by atoms with Gasteiger partial charge in [0.15, 0.2) is 0 Å². The summed E-state index contributed by atoms with van der Waals surface area (Å²) in [5.41, 5.74) is 0. The van der Waals surface area contributed by atoms with Gasteiger partial charge in [0.1, 0.15) is 0 Å². The molecule has 0 saturated carbocycles. The van der Waals surface area contributed by atoms with Crippen LogP contribution in [0.5, 0.6) is 0 Å². The van der Waals surface area contributed by atoms with Crippen molar-refractivity contribution in [2.45, 2.75) is 32.8 Å². The lowest BCUT2D eigenvalue weighted by molar-refractivity contribution is -0.0453. The van der Waals surface area contributed by atoms with Crippen LogP contribution in [0.4, 0.5) is 4.79 Å². The first kappa shape index (κ1) is 11.3. The molecule has 1 aliphatic heterocycles. The SMILES string of the molecule is CCCCOC(=O)N1CC(OCC)C1. The molecule has 1 saturated heterocycles. The fraction of sp³-hybridized carbons (Fsp3) is 0.900. The van der Waals surface area contributed by atoms with Gasteiger partial charge in [-0.15, -0.1) is 0 Å². The normalized spacial score (nSPS) is 16.6. The molecule has 0 aromatic heterocycles. The van der Waals surface area contributed by atoms with Crippen LogP contribution in [0.15, 0.2) is 0 Å². The van der Waals surface area contributed by atoms with E-state index in [1.165, 1.54) is 0 Å². The molecular weight excluding hydrogens is 182 g/mol. The lowest BCUT2D eigenvalue weighted by atomic mass is 10.2. The maximum atomic E-state index is 11.3. The van der Waals surface area contributed by atoms with Crippen molar-refractivity contribution < 1.29 is 14.3 Å². The third kappa shape index (κ3) is 3.18. The summed E-state index contributed by atoms with van der Waals surface area (Å²) < 4.78 is 10.4. The molecule has 0 N–H and O–H groups in total. The Labute approximate surface area is 85.2 Å². The Morgan fingerprint density at radius 3 is 2.71 bits per heavy atom. The van der Waals surface area contributed by atoms with Crippen LogP contribution in [0.2, 0.25) is 0 Å². The molecule has 82 valence electrons. The van der Waals surface area contributed by atoms with Crippen LogP contribution in [0.3, 0.4) is 0 Å². The van der Waals surface area contributed by atoms with Crippen LogP contribution in [-0.2, 0) is 9.47 Å². The Morgan fingerprint density at radius 1 is 1.43 bits per heavy atom. The first-order chi connectivity index (χ1) is 6.77. The molecule has 0 radical (unpaired) electrons. The van der Waals surface area contributed by atoms with Gasteiger partial charge in [-0.1, -0.05) is 13.3 Å². The number of nitrogens with zero attached hydrogens (tertiary/aromatic N) is 1. The summed E-state index contributed by atoms with van der Waals surface area (Å²) in [5.74, 6) is 0. The smallest absolute Gasteiger partial charge is 0.409 e.